The monoisotopic (exact) mass is 1480 g/mol. The van der Waals surface area contributed by atoms with E-state index in [2.05, 4.69) is 77.4 Å². The molecule has 7 rings (SSSR count). The van der Waals surface area contributed by atoms with Gasteiger partial charge in [-0.05, 0) is 113 Å². The molecule has 3 aliphatic rings. The van der Waals surface area contributed by atoms with Crippen LogP contribution in [0, 0.1) is 17.8 Å². The predicted molar refractivity (Wildman–Crippen MR) is 389 cm³/mol. The van der Waals surface area contributed by atoms with Gasteiger partial charge in [-0.2, -0.15) is 0 Å². The number of benzene rings is 1. The number of likely N-dealkylation sites (tertiary alicyclic amines) is 3. The van der Waals surface area contributed by atoms with E-state index in [1.165, 1.54) is 52.3 Å². The van der Waals surface area contributed by atoms with Crippen molar-refractivity contribution in [1.29, 1.82) is 0 Å². The van der Waals surface area contributed by atoms with Gasteiger partial charge in [-0.15, -0.1) is 0 Å². The van der Waals surface area contributed by atoms with E-state index in [4.69, 9.17) is 22.9 Å². The second kappa shape index (κ2) is 40.8. The Labute approximate surface area is 616 Å². The van der Waals surface area contributed by atoms with Gasteiger partial charge < -0.3 is 100 Å². The van der Waals surface area contributed by atoms with Crippen LogP contribution < -0.4 is 65.5 Å². The van der Waals surface area contributed by atoms with Crippen LogP contribution in [-0.2, 0) is 83.2 Å². The summed E-state index contributed by atoms with van der Waals surface area (Å²) < 4.78 is 0. The molecule has 3 saturated heterocycles. The number of carbonyl (C=O) groups excluding carboxylic acids is 11. The van der Waals surface area contributed by atoms with Crippen molar-refractivity contribution in [2.24, 2.45) is 45.7 Å². The average molecular weight is 1480 g/mol. The molecule has 35 heteroatoms. The van der Waals surface area contributed by atoms with Crippen molar-refractivity contribution < 1.29 is 62.6 Å². The Balaban J connectivity index is 1.07. The van der Waals surface area contributed by atoms with Crippen molar-refractivity contribution in [2.45, 2.75) is 223 Å². The van der Waals surface area contributed by atoms with E-state index in [0.717, 1.165) is 0 Å². The molecule has 3 aromatic heterocycles. The topological polar surface area (TPSA) is 534 Å². The van der Waals surface area contributed by atoms with Crippen molar-refractivity contribution in [1.82, 2.24) is 87.1 Å². The van der Waals surface area contributed by atoms with E-state index < -0.39 is 149 Å². The molecule has 3 fully saturated rings. The zero-order valence-corrected chi connectivity index (χ0v) is 61.4. The van der Waals surface area contributed by atoms with E-state index in [-0.39, 0.29) is 128 Å². The molecule has 0 unspecified atom stereocenters. The van der Waals surface area contributed by atoms with Gasteiger partial charge in [0.15, 0.2) is 5.96 Å². The molecule has 6 heterocycles. The number of hydrogen-bond acceptors (Lipinski definition) is 18. The summed E-state index contributed by atoms with van der Waals surface area (Å²) in [5.74, 6) is -9.74. The molecule has 4 aromatic rings. The minimum Gasteiger partial charge on any atom is -0.480 e. The van der Waals surface area contributed by atoms with Crippen molar-refractivity contribution in [2.75, 3.05) is 32.7 Å². The lowest BCUT2D eigenvalue weighted by molar-refractivity contribution is -0.149. The summed E-state index contributed by atoms with van der Waals surface area (Å²) in [7, 11) is 0. The van der Waals surface area contributed by atoms with Crippen LogP contribution in [0.5, 0.6) is 0 Å². The standard InChI is InChI=1S/C71H108N22O13/c1-40(2)28-50(61(96)84-49(19-12-24-79-71(74)75)67(102)93-27-15-22-57(93)69(104)92-26-14-21-56(92)66(101)90-58(42(5)6)70(105)106)86-60(95)48(18-10-11-23-72)83-65(100)55-20-13-25-91(55)68(103)54(29-41(3)4)89-64(99)53(33-46-36-78-39-82-46)88-62(97)51(30-43-16-8-7-9-17-43)87-63(98)52(32-45-35-77-38-81-45)85-59(94)47(73)31-44-34-76-37-80-44/h7-9,16-17,34-42,47-58H,10-15,18-33,72-73H2,1-6H3,(H,76,80)(H,77,81)(H,78,82)(H,83,100)(H,84,96)(H,85,94)(H,86,95)(H,87,98)(H,88,97)(H,89,99)(H,90,101)(H,105,106)(H4,74,75,79)/t47-,48-,49-,50-,51-,52-,53-,54-,55-,56-,57-,58-/m0/s1. The minimum atomic E-state index is -1.40. The third kappa shape index (κ3) is 24.6. The summed E-state index contributed by atoms with van der Waals surface area (Å²) in [6.07, 6.45) is 11.7. The maximum absolute atomic E-state index is 15.1. The number of H-pyrrole nitrogens is 3. The number of carboxylic acid groups (broad SMARTS) is 1. The fourth-order valence-corrected chi connectivity index (χ4v) is 13.5. The molecule has 0 spiro atoms. The quantitative estimate of drug-likeness (QED) is 0.0134. The molecule has 0 saturated carbocycles. The van der Waals surface area contributed by atoms with Gasteiger partial charge in [0.25, 0.3) is 0 Å². The van der Waals surface area contributed by atoms with E-state index in [9.17, 15) is 57.8 Å². The van der Waals surface area contributed by atoms with Crippen LogP contribution in [0.3, 0.4) is 0 Å². The number of aromatic amines is 3. The number of nitrogens with zero attached hydrogens (tertiary/aromatic N) is 7. The molecule has 20 N–H and O–H groups in total. The van der Waals surface area contributed by atoms with Gasteiger partial charge in [-0.3, -0.25) is 57.7 Å². The largest absolute Gasteiger partial charge is 0.480 e. The lowest BCUT2D eigenvalue weighted by Gasteiger charge is -2.34. The number of amides is 11. The number of imidazole rings is 3. The van der Waals surface area contributed by atoms with Gasteiger partial charge in [0, 0.05) is 87.5 Å². The lowest BCUT2D eigenvalue weighted by Crippen LogP contribution is -2.61. The highest BCUT2D eigenvalue weighted by Gasteiger charge is 2.46. The fourth-order valence-electron chi connectivity index (χ4n) is 13.5. The van der Waals surface area contributed by atoms with Gasteiger partial charge in [-0.25, -0.2) is 19.7 Å². The van der Waals surface area contributed by atoms with Gasteiger partial charge in [0.1, 0.15) is 66.5 Å². The Morgan fingerprint density at radius 1 is 0.509 bits per heavy atom. The van der Waals surface area contributed by atoms with Crippen molar-refractivity contribution in [3.63, 3.8) is 0 Å². The average Bonchev–Trinajstić information content (AvgIpc) is 1.63. The highest BCUT2D eigenvalue weighted by Crippen LogP contribution is 2.28. The predicted octanol–water partition coefficient (Wildman–Crippen LogP) is -1.68. The van der Waals surface area contributed by atoms with Crippen molar-refractivity contribution >= 4 is 76.9 Å². The maximum Gasteiger partial charge on any atom is 0.326 e. The number of nitrogens with two attached hydrogens (primary N) is 4. The zero-order chi connectivity index (χ0) is 77.1. The number of rotatable bonds is 41. The summed E-state index contributed by atoms with van der Waals surface area (Å²) >= 11 is 0. The van der Waals surface area contributed by atoms with Crippen LogP contribution in [0.2, 0.25) is 0 Å². The number of carbonyl (C=O) groups is 12. The molecule has 1 aromatic carbocycles. The summed E-state index contributed by atoms with van der Waals surface area (Å²) in [4.78, 5) is 201. The van der Waals surface area contributed by atoms with E-state index in [1.807, 2.05) is 27.7 Å². The lowest BCUT2D eigenvalue weighted by atomic mass is 10.00. The highest BCUT2D eigenvalue weighted by atomic mass is 16.4. The molecule has 35 nitrogen and oxygen atoms in total. The molecule has 106 heavy (non-hydrogen) atoms. The first-order chi connectivity index (χ1) is 50.6. The van der Waals surface area contributed by atoms with Crippen LogP contribution in [0.4, 0.5) is 0 Å². The van der Waals surface area contributed by atoms with Crippen molar-refractivity contribution in [3.05, 3.63) is 90.5 Å². The second-order valence-electron chi connectivity index (χ2n) is 28.7. The molecular weight excluding hydrogens is 1370 g/mol. The van der Waals surface area contributed by atoms with E-state index in [1.54, 1.807) is 44.2 Å². The van der Waals surface area contributed by atoms with Crippen LogP contribution in [0.1, 0.15) is 148 Å². The summed E-state index contributed by atoms with van der Waals surface area (Å²) in [5.41, 5.74) is 25.6. The van der Waals surface area contributed by atoms with Crippen LogP contribution in [0.15, 0.2) is 72.9 Å². The Bertz CT molecular complexity index is 3590. The first-order valence-electron chi connectivity index (χ1n) is 36.7. The number of aliphatic imine (C=N–C) groups is 1. The number of nitrogens with one attached hydrogen (secondary N) is 11. The Kier molecular flexibility index (Phi) is 31.9. The normalized spacial score (nSPS) is 18.3. The van der Waals surface area contributed by atoms with Gasteiger partial charge in [-0.1, -0.05) is 71.9 Å². The highest BCUT2D eigenvalue weighted by molar-refractivity contribution is 6.00. The number of carboxylic acids is 1. The number of unbranched alkanes of at least 4 members (excludes halogenated alkanes) is 1. The smallest absolute Gasteiger partial charge is 0.326 e. The molecule has 0 radical (unpaired) electrons. The van der Waals surface area contributed by atoms with Gasteiger partial charge >= 0.3 is 5.97 Å². The van der Waals surface area contributed by atoms with E-state index in [0.29, 0.717) is 54.7 Å². The van der Waals surface area contributed by atoms with Gasteiger partial charge in [0.05, 0.1) is 25.0 Å². The molecule has 580 valence electrons. The number of guanidine groups is 1. The minimum absolute atomic E-state index is 0.00190. The molecule has 0 bridgehead atoms. The number of hydrogen-bond donors (Lipinski definition) is 16. The Morgan fingerprint density at radius 3 is 1.46 bits per heavy atom. The summed E-state index contributed by atoms with van der Waals surface area (Å²) in [5, 5.41) is 32.2. The first kappa shape index (κ1) is 83.0. The molecule has 11 amide bonds. The van der Waals surface area contributed by atoms with Crippen LogP contribution in [-0.4, -0.2) is 232 Å². The third-order valence-corrected chi connectivity index (χ3v) is 19.0. The number of aliphatic carboxylic acids is 1. The SMILES string of the molecule is CC(C)C[C@H](NC(=O)[C@H](CCCCN)NC(=O)[C@@H]1CCCN1C(=O)[C@H](CC(C)C)NC(=O)[C@H](Cc1cnc[nH]1)NC(=O)[C@H](Cc1ccccc1)NC(=O)[C@H](Cc1cnc[nH]1)NC(=O)[C@@H](N)Cc1cnc[nH]1)C(=O)N[C@@H](CCCN=C(N)N)C(=O)N1CCC[C@H]1C(=O)N1CCC[C@H]1C(=O)N[C@H](C(=O)O)C(C)C. The fraction of sp³-hybridized carbons (Fsp3) is 0.606. The number of aromatic nitrogens is 6. The van der Waals surface area contributed by atoms with Crippen LogP contribution in [0.25, 0.3) is 0 Å². The maximum atomic E-state index is 15.1. The van der Waals surface area contributed by atoms with Gasteiger partial charge in [0.2, 0.25) is 65.0 Å². The van der Waals surface area contributed by atoms with Crippen LogP contribution >= 0.6 is 0 Å². The zero-order valence-electron chi connectivity index (χ0n) is 61.4. The molecule has 3 aliphatic heterocycles. The van der Waals surface area contributed by atoms with Crippen molar-refractivity contribution in [3.8, 4) is 0 Å². The second-order valence-corrected chi connectivity index (χ2v) is 28.7. The first-order valence-corrected chi connectivity index (χ1v) is 36.7. The molecule has 0 aliphatic carbocycles. The summed E-state index contributed by atoms with van der Waals surface area (Å²) in [6.45, 7) is 11.4. The summed E-state index contributed by atoms with van der Waals surface area (Å²) in [6, 6.07) is -5.70. The third-order valence-electron chi connectivity index (χ3n) is 19.0. The Hall–Kier alpha value is -10.3. The van der Waals surface area contributed by atoms with E-state index >= 15 is 4.79 Å². The molecular formula is C71H108N22O13. The Morgan fingerprint density at radius 2 is 0.943 bits per heavy atom. The molecule has 12 atom stereocenters.